The zero-order valence-corrected chi connectivity index (χ0v) is 21.4. The number of aryl methyl sites for hydroxylation is 1. The smallest absolute Gasteiger partial charge is 0.244 e. The monoisotopic (exact) mass is 489 g/mol. The molecular formula is C25H35N3O5S. The number of ether oxygens (including phenoxy) is 1. The molecule has 2 aromatic rings. The fourth-order valence-corrected chi connectivity index (χ4v) is 4.56. The Morgan fingerprint density at radius 3 is 2.26 bits per heavy atom. The zero-order valence-electron chi connectivity index (χ0n) is 20.6. The Morgan fingerprint density at radius 1 is 1.06 bits per heavy atom. The largest absolute Gasteiger partial charge is 0.494 e. The number of likely N-dealkylation sites (N-methyl/N-ethyl adjacent to an activating group) is 1. The van der Waals surface area contributed by atoms with Crippen molar-refractivity contribution < 1.29 is 22.7 Å². The Kier molecular flexibility index (Phi) is 9.92. The third-order valence-electron chi connectivity index (χ3n) is 5.29. The van der Waals surface area contributed by atoms with E-state index in [2.05, 4.69) is 5.32 Å². The molecular weight excluding hydrogens is 454 g/mol. The molecule has 0 fully saturated rings. The van der Waals surface area contributed by atoms with Crippen LogP contribution >= 0.6 is 0 Å². The molecule has 1 N–H and O–H groups in total. The fourth-order valence-electron chi connectivity index (χ4n) is 3.71. The fraction of sp³-hybridized carbons (Fsp3) is 0.440. The minimum Gasteiger partial charge on any atom is -0.494 e. The molecule has 0 aliphatic carbocycles. The first-order valence-corrected chi connectivity index (χ1v) is 13.3. The second kappa shape index (κ2) is 12.4. The lowest BCUT2D eigenvalue weighted by molar-refractivity contribution is -0.140. The van der Waals surface area contributed by atoms with Gasteiger partial charge in [0.25, 0.3) is 0 Å². The Bertz CT molecular complexity index is 1070. The zero-order chi connectivity index (χ0) is 25.3. The SMILES string of the molecule is CCNC(=O)[C@H](CC)N(Cc1cccc(C)c1)C(=O)CN(c1ccc(OCC)cc1)S(C)(=O)=O. The van der Waals surface area contributed by atoms with Crippen LogP contribution in [-0.2, 0) is 26.2 Å². The molecule has 9 heteroatoms. The van der Waals surface area contributed by atoms with Gasteiger partial charge in [0.2, 0.25) is 21.8 Å². The van der Waals surface area contributed by atoms with Crippen LogP contribution in [0.4, 0.5) is 5.69 Å². The van der Waals surface area contributed by atoms with Crippen molar-refractivity contribution in [3.63, 3.8) is 0 Å². The maximum Gasteiger partial charge on any atom is 0.244 e. The van der Waals surface area contributed by atoms with E-state index in [9.17, 15) is 18.0 Å². The number of nitrogens with zero attached hydrogens (tertiary/aromatic N) is 2. The van der Waals surface area contributed by atoms with Crippen LogP contribution in [0.2, 0.25) is 0 Å². The van der Waals surface area contributed by atoms with E-state index >= 15 is 0 Å². The van der Waals surface area contributed by atoms with Crippen molar-refractivity contribution in [2.24, 2.45) is 0 Å². The predicted molar refractivity (Wildman–Crippen MR) is 134 cm³/mol. The lowest BCUT2D eigenvalue weighted by atomic mass is 10.1. The number of rotatable bonds is 12. The van der Waals surface area contributed by atoms with Gasteiger partial charge in [0.1, 0.15) is 18.3 Å². The summed E-state index contributed by atoms with van der Waals surface area (Å²) >= 11 is 0. The van der Waals surface area contributed by atoms with Gasteiger partial charge in [-0.05, 0) is 57.0 Å². The lowest BCUT2D eigenvalue weighted by Crippen LogP contribution is -2.52. The van der Waals surface area contributed by atoms with Crippen LogP contribution in [0, 0.1) is 6.92 Å². The summed E-state index contributed by atoms with van der Waals surface area (Å²) in [4.78, 5) is 27.8. The lowest BCUT2D eigenvalue weighted by Gasteiger charge is -2.32. The van der Waals surface area contributed by atoms with E-state index in [1.54, 1.807) is 24.3 Å². The van der Waals surface area contributed by atoms with Gasteiger partial charge in [-0.3, -0.25) is 13.9 Å². The molecule has 186 valence electrons. The van der Waals surface area contributed by atoms with Crippen LogP contribution in [0.5, 0.6) is 5.75 Å². The van der Waals surface area contributed by atoms with Crippen LogP contribution < -0.4 is 14.4 Å². The Hall–Kier alpha value is -3.07. The quantitative estimate of drug-likeness (QED) is 0.494. The maximum absolute atomic E-state index is 13.6. The molecule has 1 atom stereocenters. The van der Waals surface area contributed by atoms with E-state index < -0.39 is 28.5 Å². The molecule has 34 heavy (non-hydrogen) atoms. The van der Waals surface area contributed by atoms with Crippen molar-refractivity contribution in [2.45, 2.75) is 46.7 Å². The van der Waals surface area contributed by atoms with E-state index in [0.717, 1.165) is 21.7 Å². The number of carbonyl (C=O) groups is 2. The minimum absolute atomic E-state index is 0.192. The van der Waals surface area contributed by atoms with Crippen molar-refractivity contribution in [2.75, 3.05) is 30.3 Å². The van der Waals surface area contributed by atoms with Crippen molar-refractivity contribution >= 4 is 27.5 Å². The highest BCUT2D eigenvalue weighted by Gasteiger charge is 2.31. The number of hydrogen-bond donors (Lipinski definition) is 1. The summed E-state index contributed by atoms with van der Waals surface area (Å²) in [6.45, 7) is 8.14. The van der Waals surface area contributed by atoms with E-state index in [4.69, 9.17) is 4.74 Å². The minimum atomic E-state index is -3.77. The maximum atomic E-state index is 13.6. The van der Waals surface area contributed by atoms with Gasteiger partial charge >= 0.3 is 0 Å². The summed E-state index contributed by atoms with van der Waals surface area (Å²) in [6, 6.07) is 13.5. The van der Waals surface area contributed by atoms with Gasteiger partial charge in [0, 0.05) is 13.1 Å². The van der Waals surface area contributed by atoms with Crippen LogP contribution in [0.15, 0.2) is 48.5 Å². The average Bonchev–Trinajstić information content (AvgIpc) is 2.77. The standard InChI is InChI=1S/C25H35N3O5S/c1-6-23(25(30)26-7-2)27(17-20-11-9-10-19(4)16-20)24(29)18-28(34(5,31)32)21-12-14-22(15-13-21)33-8-3/h9-16,23H,6-8,17-18H2,1-5H3,(H,26,30)/t23-/m0/s1. The van der Waals surface area contributed by atoms with Crippen LogP contribution in [0.1, 0.15) is 38.3 Å². The molecule has 8 nitrogen and oxygen atoms in total. The summed E-state index contributed by atoms with van der Waals surface area (Å²) in [5, 5.41) is 2.78. The summed E-state index contributed by atoms with van der Waals surface area (Å²) in [5.41, 5.74) is 2.24. The first-order chi connectivity index (χ1) is 16.1. The number of nitrogens with one attached hydrogen (secondary N) is 1. The Balaban J connectivity index is 2.40. The van der Waals surface area contributed by atoms with Gasteiger partial charge in [-0.2, -0.15) is 0 Å². The molecule has 0 saturated carbocycles. The second-order valence-corrected chi connectivity index (χ2v) is 9.93. The van der Waals surface area contributed by atoms with Crippen molar-refractivity contribution in [1.82, 2.24) is 10.2 Å². The average molecular weight is 490 g/mol. The molecule has 0 radical (unpaired) electrons. The highest BCUT2D eigenvalue weighted by atomic mass is 32.2. The molecule has 0 spiro atoms. The number of hydrogen-bond acceptors (Lipinski definition) is 5. The number of carbonyl (C=O) groups excluding carboxylic acids is 2. The summed E-state index contributed by atoms with van der Waals surface area (Å²) in [6.07, 6.45) is 1.45. The molecule has 0 heterocycles. The third kappa shape index (κ3) is 7.48. The topological polar surface area (TPSA) is 96.0 Å². The molecule has 2 rings (SSSR count). The first-order valence-electron chi connectivity index (χ1n) is 11.4. The highest BCUT2D eigenvalue weighted by Crippen LogP contribution is 2.23. The summed E-state index contributed by atoms with van der Waals surface area (Å²) in [5.74, 6) is -0.119. The van der Waals surface area contributed by atoms with Gasteiger partial charge in [-0.25, -0.2) is 8.42 Å². The van der Waals surface area contributed by atoms with E-state index in [1.165, 1.54) is 4.90 Å². The van der Waals surface area contributed by atoms with E-state index in [1.807, 2.05) is 52.0 Å². The molecule has 0 unspecified atom stereocenters. The van der Waals surface area contributed by atoms with Crippen LogP contribution in [-0.4, -0.2) is 57.1 Å². The van der Waals surface area contributed by atoms with Gasteiger partial charge in [-0.15, -0.1) is 0 Å². The molecule has 0 saturated heterocycles. The molecule has 0 bridgehead atoms. The summed E-state index contributed by atoms with van der Waals surface area (Å²) < 4.78 is 31.7. The highest BCUT2D eigenvalue weighted by molar-refractivity contribution is 7.92. The van der Waals surface area contributed by atoms with Crippen LogP contribution in [0.25, 0.3) is 0 Å². The Labute approximate surface area is 202 Å². The number of benzene rings is 2. The molecule has 0 aromatic heterocycles. The number of amides is 2. The molecule has 0 aliphatic heterocycles. The molecule has 2 amide bonds. The van der Waals surface area contributed by atoms with Gasteiger partial charge in [-0.1, -0.05) is 36.8 Å². The van der Waals surface area contributed by atoms with Gasteiger partial charge in [0.05, 0.1) is 18.6 Å². The Morgan fingerprint density at radius 2 is 1.74 bits per heavy atom. The first kappa shape index (κ1) is 27.2. The van der Waals surface area contributed by atoms with Gasteiger partial charge < -0.3 is 15.0 Å². The third-order valence-corrected chi connectivity index (χ3v) is 6.43. The predicted octanol–water partition coefficient (Wildman–Crippen LogP) is 3.10. The normalized spacial score (nSPS) is 12.0. The second-order valence-electron chi connectivity index (χ2n) is 8.03. The number of sulfonamides is 1. The van der Waals surface area contributed by atoms with Gasteiger partial charge in [0.15, 0.2) is 0 Å². The molecule has 2 aromatic carbocycles. The van der Waals surface area contributed by atoms with E-state index in [0.29, 0.717) is 31.0 Å². The van der Waals surface area contributed by atoms with Crippen molar-refractivity contribution in [3.05, 3.63) is 59.7 Å². The number of anilines is 1. The van der Waals surface area contributed by atoms with Crippen LogP contribution in [0.3, 0.4) is 0 Å². The van der Waals surface area contributed by atoms with Crippen molar-refractivity contribution in [1.29, 1.82) is 0 Å². The van der Waals surface area contributed by atoms with Crippen molar-refractivity contribution in [3.8, 4) is 5.75 Å². The van der Waals surface area contributed by atoms with E-state index in [-0.39, 0.29) is 12.5 Å². The molecule has 0 aliphatic rings. The summed E-state index contributed by atoms with van der Waals surface area (Å²) in [7, 11) is -3.77.